The van der Waals surface area contributed by atoms with Gasteiger partial charge in [-0.1, -0.05) is 0 Å². The smallest absolute Gasteiger partial charge is 0.277 e. The molecule has 1 rings (SSSR count). The number of nitro groups is 1. The zero-order valence-electron chi connectivity index (χ0n) is 8.41. The molecular weight excluding hydrogens is 214 g/mol. The normalized spacial score (nSPS) is 10.9. The van der Waals surface area contributed by atoms with Gasteiger partial charge in [-0.25, -0.2) is 0 Å². The second kappa shape index (κ2) is 4.92. The summed E-state index contributed by atoms with van der Waals surface area (Å²) < 4.78 is 4.88. The molecule has 0 unspecified atom stereocenters. The van der Waals surface area contributed by atoms with Crippen molar-refractivity contribution in [3.05, 3.63) is 40.1 Å². The number of hydrogen-bond donors (Lipinski definition) is 1. The van der Waals surface area contributed by atoms with Gasteiger partial charge >= 0.3 is 0 Å². The fraction of sp³-hybridized carbons (Fsp3) is 0.100. The highest BCUT2D eigenvalue weighted by atomic mass is 16.6. The van der Waals surface area contributed by atoms with Crippen LogP contribution in [0.5, 0.6) is 5.75 Å². The Labute approximate surface area is 90.9 Å². The fourth-order valence-corrected chi connectivity index (χ4v) is 1.20. The summed E-state index contributed by atoms with van der Waals surface area (Å²) >= 11 is 0. The molecule has 1 aromatic rings. The summed E-state index contributed by atoms with van der Waals surface area (Å²) in [5.74, 6) is 0.363. The predicted molar refractivity (Wildman–Crippen MR) is 56.3 cm³/mol. The fourth-order valence-electron chi connectivity index (χ4n) is 1.20. The molecule has 0 spiro atoms. The Kier molecular flexibility index (Phi) is 3.60. The number of ether oxygens (including phenoxy) is 1. The van der Waals surface area contributed by atoms with Crippen LogP contribution in [0.4, 0.5) is 5.69 Å². The first-order valence-electron chi connectivity index (χ1n) is 4.26. The average molecular weight is 223 g/mol. The van der Waals surface area contributed by atoms with E-state index >= 15 is 0 Å². The van der Waals surface area contributed by atoms with Crippen LogP contribution in [0.25, 0.3) is 5.57 Å². The zero-order valence-corrected chi connectivity index (χ0v) is 8.41. The first-order chi connectivity index (χ1) is 7.63. The van der Waals surface area contributed by atoms with Crippen LogP contribution < -0.4 is 4.74 Å². The van der Waals surface area contributed by atoms with Crippen molar-refractivity contribution in [2.45, 2.75) is 0 Å². The van der Waals surface area contributed by atoms with Gasteiger partial charge in [0.2, 0.25) is 0 Å². The Bertz CT molecular complexity index is 453. The molecule has 0 radical (unpaired) electrons. The van der Waals surface area contributed by atoms with Crippen molar-refractivity contribution in [1.29, 1.82) is 0 Å². The number of hydrogen-bond acceptors (Lipinski definition) is 5. The van der Waals surface area contributed by atoms with E-state index in [9.17, 15) is 14.9 Å². The summed E-state index contributed by atoms with van der Waals surface area (Å²) in [5, 5.41) is 19.5. The number of aliphatic hydroxyl groups is 1. The number of aliphatic hydroxyl groups excluding tert-OH is 1. The van der Waals surface area contributed by atoms with E-state index in [-0.39, 0.29) is 16.8 Å². The van der Waals surface area contributed by atoms with Gasteiger partial charge in [-0.2, -0.15) is 0 Å². The van der Waals surface area contributed by atoms with Gasteiger partial charge in [-0.3, -0.25) is 14.9 Å². The second-order valence-electron chi connectivity index (χ2n) is 2.84. The molecular formula is C10H9NO5. The van der Waals surface area contributed by atoms with E-state index in [2.05, 4.69) is 0 Å². The Balaban J connectivity index is 3.42. The highest BCUT2D eigenvalue weighted by molar-refractivity contribution is 6.08. The lowest BCUT2D eigenvalue weighted by Gasteiger charge is -2.04. The lowest BCUT2D eigenvalue weighted by atomic mass is 10.1. The third-order valence-electron chi connectivity index (χ3n) is 1.98. The molecule has 0 aliphatic rings. The van der Waals surface area contributed by atoms with Gasteiger partial charge in [0.25, 0.3) is 5.69 Å². The minimum absolute atomic E-state index is 0.0156. The van der Waals surface area contributed by atoms with E-state index in [0.29, 0.717) is 18.3 Å². The Morgan fingerprint density at radius 1 is 1.56 bits per heavy atom. The van der Waals surface area contributed by atoms with Crippen molar-refractivity contribution in [3.63, 3.8) is 0 Å². The maximum atomic E-state index is 10.7. The number of nitro benzene ring substituents is 1. The van der Waals surface area contributed by atoms with E-state index < -0.39 is 4.92 Å². The molecule has 6 heteroatoms. The van der Waals surface area contributed by atoms with Crippen molar-refractivity contribution in [2.75, 3.05) is 7.11 Å². The first-order valence-corrected chi connectivity index (χ1v) is 4.26. The van der Waals surface area contributed by atoms with Gasteiger partial charge in [-0.05, 0) is 12.1 Å². The summed E-state index contributed by atoms with van der Waals surface area (Å²) in [7, 11) is 1.40. The number of methoxy groups -OCH3 is 1. The van der Waals surface area contributed by atoms with Crippen LogP contribution in [-0.2, 0) is 4.79 Å². The largest absolute Gasteiger partial charge is 0.515 e. The van der Waals surface area contributed by atoms with E-state index in [1.165, 1.54) is 25.3 Å². The summed E-state index contributed by atoms with van der Waals surface area (Å²) in [6.07, 6.45) is 0.858. The highest BCUT2D eigenvalue weighted by Crippen LogP contribution is 2.28. The van der Waals surface area contributed by atoms with Crippen molar-refractivity contribution in [1.82, 2.24) is 0 Å². The molecule has 84 valence electrons. The molecule has 0 fully saturated rings. The number of aldehydes is 1. The number of benzene rings is 1. The lowest BCUT2D eigenvalue weighted by Crippen LogP contribution is -1.97. The number of carbonyl (C=O) groups is 1. The van der Waals surface area contributed by atoms with Crippen LogP contribution in [-0.4, -0.2) is 23.4 Å². The van der Waals surface area contributed by atoms with Crippen LogP contribution in [0.1, 0.15) is 5.56 Å². The SMILES string of the molecule is COc1ccc([N+](=O)[O-])c(/C(C=O)=C\O)c1. The van der Waals surface area contributed by atoms with Gasteiger partial charge in [0, 0.05) is 6.07 Å². The van der Waals surface area contributed by atoms with Gasteiger partial charge in [0.05, 0.1) is 29.4 Å². The molecule has 6 nitrogen and oxygen atoms in total. The molecule has 0 saturated heterocycles. The molecule has 0 atom stereocenters. The van der Waals surface area contributed by atoms with Gasteiger partial charge in [0.15, 0.2) is 6.29 Å². The second-order valence-corrected chi connectivity index (χ2v) is 2.84. The molecule has 0 aromatic heterocycles. The number of rotatable bonds is 4. The van der Waals surface area contributed by atoms with Gasteiger partial charge < -0.3 is 9.84 Å². The summed E-state index contributed by atoms with van der Waals surface area (Å²) in [6, 6.07) is 3.93. The van der Waals surface area contributed by atoms with Crippen molar-refractivity contribution in [2.24, 2.45) is 0 Å². The van der Waals surface area contributed by atoms with Gasteiger partial charge in [0.1, 0.15) is 5.75 Å². The minimum Gasteiger partial charge on any atom is -0.515 e. The number of nitrogens with zero attached hydrogens (tertiary/aromatic N) is 1. The Morgan fingerprint density at radius 2 is 2.25 bits per heavy atom. The van der Waals surface area contributed by atoms with Crippen LogP contribution in [0, 0.1) is 10.1 Å². The van der Waals surface area contributed by atoms with Crippen LogP contribution >= 0.6 is 0 Å². The highest BCUT2D eigenvalue weighted by Gasteiger charge is 2.17. The Hall–Kier alpha value is -2.37. The first kappa shape index (κ1) is 11.7. The molecule has 0 saturated carbocycles. The number of carbonyl (C=O) groups excluding carboxylic acids is 1. The monoisotopic (exact) mass is 223 g/mol. The van der Waals surface area contributed by atoms with Crippen LogP contribution in [0.15, 0.2) is 24.5 Å². The quantitative estimate of drug-likeness (QED) is 0.276. The van der Waals surface area contributed by atoms with Crippen molar-refractivity contribution < 1.29 is 19.6 Å². The summed E-state index contributed by atoms with van der Waals surface area (Å²) in [6.45, 7) is 0. The molecule has 16 heavy (non-hydrogen) atoms. The minimum atomic E-state index is -0.637. The summed E-state index contributed by atoms with van der Waals surface area (Å²) in [4.78, 5) is 20.7. The van der Waals surface area contributed by atoms with Gasteiger partial charge in [-0.15, -0.1) is 0 Å². The number of allylic oxidation sites excluding steroid dienone is 1. The molecule has 0 bridgehead atoms. The molecule has 0 aliphatic heterocycles. The standard InChI is InChI=1S/C10H9NO5/c1-16-8-2-3-10(11(14)15)9(4-8)7(5-12)6-13/h2-6,12H,1H3/b7-5-. The molecule has 1 N–H and O–H groups in total. The van der Waals surface area contributed by atoms with Crippen molar-refractivity contribution >= 4 is 17.5 Å². The maximum absolute atomic E-state index is 10.7. The third-order valence-corrected chi connectivity index (χ3v) is 1.98. The predicted octanol–water partition coefficient (Wildman–Crippen LogP) is 1.70. The Morgan fingerprint density at radius 3 is 2.69 bits per heavy atom. The molecule has 0 aliphatic carbocycles. The van der Waals surface area contributed by atoms with E-state index in [1.807, 2.05) is 0 Å². The molecule has 0 amide bonds. The van der Waals surface area contributed by atoms with Crippen LogP contribution in [0.2, 0.25) is 0 Å². The summed E-state index contributed by atoms with van der Waals surface area (Å²) in [5.41, 5.74) is -0.430. The maximum Gasteiger partial charge on any atom is 0.277 e. The van der Waals surface area contributed by atoms with E-state index in [1.54, 1.807) is 0 Å². The lowest BCUT2D eigenvalue weighted by molar-refractivity contribution is -0.385. The topological polar surface area (TPSA) is 89.7 Å². The zero-order chi connectivity index (χ0) is 12.1. The molecule has 1 aromatic carbocycles. The van der Waals surface area contributed by atoms with E-state index in [0.717, 1.165) is 0 Å². The third kappa shape index (κ3) is 2.17. The van der Waals surface area contributed by atoms with Crippen LogP contribution in [0.3, 0.4) is 0 Å². The average Bonchev–Trinajstić information content (AvgIpc) is 2.30. The molecule has 0 heterocycles. The van der Waals surface area contributed by atoms with Crippen molar-refractivity contribution in [3.8, 4) is 5.75 Å². The van der Waals surface area contributed by atoms with E-state index in [4.69, 9.17) is 9.84 Å².